The maximum absolute atomic E-state index is 12.4. The Bertz CT molecular complexity index is 522. The van der Waals surface area contributed by atoms with E-state index in [1.165, 1.54) is 18.2 Å². The summed E-state index contributed by atoms with van der Waals surface area (Å²) < 4.78 is 37.2. The minimum absolute atomic E-state index is 0.225. The number of aliphatic hydroxyl groups is 1. The molecule has 0 atom stereocenters. The number of aliphatic hydroxyl groups excluding tert-OH is 1. The molecule has 0 amide bonds. The predicted octanol–water partition coefficient (Wildman–Crippen LogP) is 2.75. The topological polar surface area (TPSA) is 33.1 Å². The molecule has 5 heteroatoms. The van der Waals surface area contributed by atoms with Crippen molar-refractivity contribution in [2.45, 2.75) is 12.8 Å². The van der Waals surface area contributed by atoms with Gasteiger partial charge in [0.05, 0.1) is 23.4 Å². The number of alkyl halides is 3. The Labute approximate surface area is 89.4 Å². The van der Waals surface area contributed by atoms with Crippen molar-refractivity contribution in [2.75, 3.05) is 0 Å². The van der Waals surface area contributed by atoms with Crippen LogP contribution in [0.2, 0.25) is 0 Å². The molecule has 84 valence electrons. The Morgan fingerprint density at radius 2 is 1.88 bits per heavy atom. The molecule has 0 saturated heterocycles. The molecule has 1 aromatic heterocycles. The van der Waals surface area contributed by atoms with Crippen molar-refractivity contribution in [2.24, 2.45) is 0 Å². The number of aromatic nitrogens is 1. The fraction of sp³-hybridized carbons (Fsp3) is 0.182. The first-order valence-electron chi connectivity index (χ1n) is 4.58. The van der Waals surface area contributed by atoms with Crippen LogP contribution in [0, 0.1) is 0 Å². The second-order valence-electron chi connectivity index (χ2n) is 3.37. The van der Waals surface area contributed by atoms with Crippen LogP contribution in [0.25, 0.3) is 10.9 Å². The Morgan fingerprint density at radius 3 is 2.50 bits per heavy atom. The lowest BCUT2D eigenvalue weighted by Crippen LogP contribution is -2.04. The fourth-order valence-electron chi connectivity index (χ4n) is 1.43. The lowest BCUT2D eigenvalue weighted by atomic mass is 10.1. The summed E-state index contributed by atoms with van der Waals surface area (Å²) >= 11 is 0. The van der Waals surface area contributed by atoms with Crippen LogP contribution in [0.5, 0.6) is 0 Å². The number of pyridine rings is 1. The third-order valence-corrected chi connectivity index (χ3v) is 2.24. The summed E-state index contributed by atoms with van der Waals surface area (Å²) in [5.41, 5.74) is 0.186. The van der Waals surface area contributed by atoms with E-state index in [4.69, 9.17) is 5.11 Å². The number of nitrogens with zero attached hydrogens (tertiary/aromatic N) is 1. The largest absolute Gasteiger partial charge is 0.416 e. The average Bonchev–Trinajstić information content (AvgIpc) is 2.26. The highest BCUT2D eigenvalue weighted by Crippen LogP contribution is 2.30. The van der Waals surface area contributed by atoms with E-state index in [0.717, 1.165) is 12.1 Å². The SMILES string of the molecule is OCc1ccc2cc(C(F)(F)F)ccc2n1. The van der Waals surface area contributed by atoms with Crippen LogP contribution >= 0.6 is 0 Å². The van der Waals surface area contributed by atoms with Gasteiger partial charge in [0.25, 0.3) is 0 Å². The van der Waals surface area contributed by atoms with E-state index >= 15 is 0 Å². The second-order valence-corrected chi connectivity index (χ2v) is 3.37. The number of hydrogen-bond acceptors (Lipinski definition) is 2. The van der Waals surface area contributed by atoms with Crippen LogP contribution in [-0.4, -0.2) is 10.1 Å². The molecule has 0 saturated carbocycles. The van der Waals surface area contributed by atoms with Gasteiger partial charge in [0.15, 0.2) is 0 Å². The van der Waals surface area contributed by atoms with E-state index in [1.807, 2.05) is 0 Å². The van der Waals surface area contributed by atoms with Gasteiger partial charge in [-0.15, -0.1) is 0 Å². The highest BCUT2D eigenvalue weighted by molar-refractivity contribution is 5.79. The molecule has 0 aliphatic heterocycles. The summed E-state index contributed by atoms with van der Waals surface area (Å²) in [6.45, 7) is -0.225. The molecule has 1 aromatic carbocycles. The minimum atomic E-state index is -4.34. The molecule has 2 nitrogen and oxygen atoms in total. The quantitative estimate of drug-likeness (QED) is 0.812. The second kappa shape index (κ2) is 3.75. The number of hydrogen-bond donors (Lipinski definition) is 1. The predicted molar refractivity (Wildman–Crippen MR) is 52.7 cm³/mol. The van der Waals surface area contributed by atoms with Crippen molar-refractivity contribution in [1.82, 2.24) is 4.98 Å². The molecular weight excluding hydrogens is 219 g/mol. The van der Waals surface area contributed by atoms with Gasteiger partial charge in [-0.05, 0) is 24.3 Å². The molecule has 0 bridgehead atoms. The lowest BCUT2D eigenvalue weighted by molar-refractivity contribution is -0.137. The van der Waals surface area contributed by atoms with Crippen molar-refractivity contribution in [1.29, 1.82) is 0 Å². The van der Waals surface area contributed by atoms with E-state index in [9.17, 15) is 13.2 Å². The van der Waals surface area contributed by atoms with Crippen LogP contribution in [0.1, 0.15) is 11.3 Å². The monoisotopic (exact) mass is 227 g/mol. The van der Waals surface area contributed by atoms with Crippen LogP contribution in [0.4, 0.5) is 13.2 Å². The average molecular weight is 227 g/mol. The molecule has 1 heterocycles. The van der Waals surface area contributed by atoms with Gasteiger partial charge in [-0.25, -0.2) is 0 Å². The zero-order valence-electron chi connectivity index (χ0n) is 8.12. The first kappa shape index (κ1) is 10.9. The van der Waals surface area contributed by atoms with Crippen LogP contribution in [0.3, 0.4) is 0 Å². The Balaban J connectivity index is 2.56. The molecule has 0 radical (unpaired) electrons. The van der Waals surface area contributed by atoms with E-state index in [-0.39, 0.29) is 6.61 Å². The van der Waals surface area contributed by atoms with Crippen molar-refractivity contribution in [3.05, 3.63) is 41.6 Å². The van der Waals surface area contributed by atoms with Crippen LogP contribution < -0.4 is 0 Å². The first-order chi connectivity index (χ1) is 7.50. The number of benzene rings is 1. The van der Waals surface area contributed by atoms with Crippen LogP contribution in [-0.2, 0) is 12.8 Å². The van der Waals surface area contributed by atoms with E-state index in [2.05, 4.69) is 4.98 Å². The van der Waals surface area contributed by atoms with Gasteiger partial charge in [0, 0.05) is 5.39 Å². The number of halogens is 3. The fourth-order valence-corrected chi connectivity index (χ4v) is 1.43. The molecule has 0 spiro atoms. The molecule has 0 fully saturated rings. The van der Waals surface area contributed by atoms with Gasteiger partial charge >= 0.3 is 6.18 Å². The third kappa shape index (κ3) is 1.99. The molecule has 0 aliphatic rings. The molecule has 0 unspecified atom stereocenters. The summed E-state index contributed by atoms with van der Waals surface area (Å²) in [6, 6.07) is 6.35. The molecule has 0 aliphatic carbocycles. The Morgan fingerprint density at radius 1 is 1.12 bits per heavy atom. The lowest BCUT2D eigenvalue weighted by Gasteiger charge is -2.07. The summed E-state index contributed by atoms with van der Waals surface area (Å²) in [4.78, 5) is 4.00. The van der Waals surface area contributed by atoms with Gasteiger partial charge in [-0.2, -0.15) is 13.2 Å². The first-order valence-corrected chi connectivity index (χ1v) is 4.58. The smallest absolute Gasteiger partial charge is 0.390 e. The van der Waals surface area contributed by atoms with Crippen molar-refractivity contribution >= 4 is 10.9 Å². The summed E-state index contributed by atoms with van der Waals surface area (Å²) in [5.74, 6) is 0. The normalized spacial score (nSPS) is 12.0. The van der Waals surface area contributed by atoms with Crippen molar-refractivity contribution in [3.63, 3.8) is 0 Å². The van der Waals surface area contributed by atoms with Gasteiger partial charge in [0.2, 0.25) is 0 Å². The third-order valence-electron chi connectivity index (χ3n) is 2.24. The minimum Gasteiger partial charge on any atom is -0.390 e. The molecule has 16 heavy (non-hydrogen) atoms. The molecule has 2 aromatic rings. The maximum Gasteiger partial charge on any atom is 0.416 e. The Kier molecular flexibility index (Phi) is 2.55. The summed E-state index contributed by atoms with van der Waals surface area (Å²) in [5, 5.41) is 9.25. The van der Waals surface area contributed by atoms with Gasteiger partial charge in [-0.1, -0.05) is 6.07 Å². The highest BCUT2D eigenvalue weighted by atomic mass is 19.4. The summed E-state index contributed by atoms with van der Waals surface area (Å²) in [6.07, 6.45) is -4.34. The van der Waals surface area contributed by atoms with Gasteiger partial charge in [0.1, 0.15) is 0 Å². The van der Waals surface area contributed by atoms with Gasteiger partial charge in [-0.3, -0.25) is 4.98 Å². The van der Waals surface area contributed by atoms with E-state index in [1.54, 1.807) is 0 Å². The standard InChI is InChI=1S/C11H8F3NO/c12-11(13,14)8-2-4-10-7(5-8)1-3-9(6-16)15-10/h1-5,16H,6H2. The van der Waals surface area contributed by atoms with Crippen molar-refractivity contribution in [3.8, 4) is 0 Å². The zero-order valence-corrected chi connectivity index (χ0v) is 8.12. The summed E-state index contributed by atoms with van der Waals surface area (Å²) in [7, 11) is 0. The maximum atomic E-state index is 12.4. The number of rotatable bonds is 1. The van der Waals surface area contributed by atoms with E-state index in [0.29, 0.717) is 16.6 Å². The Hall–Kier alpha value is -1.62. The highest BCUT2D eigenvalue weighted by Gasteiger charge is 2.30. The number of fused-ring (bicyclic) bond motifs is 1. The zero-order chi connectivity index (χ0) is 11.8. The molecule has 2 rings (SSSR count). The van der Waals surface area contributed by atoms with Crippen molar-refractivity contribution < 1.29 is 18.3 Å². The van der Waals surface area contributed by atoms with Gasteiger partial charge < -0.3 is 5.11 Å². The van der Waals surface area contributed by atoms with E-state index < -0.39 is 11.7 Å². The van der Waals surface area contributed by atoms with Crippen LogP contribution in [0.15, 0.2) is 30.3 Å². The molecule has 1 N–H and O–H groups in total. The molecular formula is C11H8F3NO.